The molecule has 2 aliphatic rings. The number of hydrogen-bond donors (Lipinski definition) is 2. The van der Waals surface area contributed by atoms with Gasteiger partial charge in [-0.25, -0.2) is 0 Å². The summed E-state index contributed by atoms with van der Waals surface area (Å²) in [4.78, 5) is 0. The Morgan fingerprint density at radius 1 is 1.32 bits per heavy atom. The van der Waals surface area contributed by atoms with Crippen LogP contribution >= 0.6 is 11.6 Å². The molecule has 0 saturated heterocycles. The van der Waals surface area contributed by atoms with E-state index in [4.69, 9.17) is 21.1 Å². The predicted molar refractivity (Wildman–Crippen MR) is 73.0 cm³/mol. The molecule has 5 heteroatoms. The largest absolute Gasteiger partial charge is 0.489 e. The third-order valence-corrected chi connectivity index (χ3v) is 3.67. The summed E-state index contributed by atoms with van der Waals surface area (Å²) >= 11 is 6.20. The van der Waals surface area contributed by atoms with Gasteiger partial charge in [-0.1, -0.05) is 11.6 Å². The number of hydrogen-bond acceptors (Lipinski definition) is 4. The molecule has 3 rings (SSSR count). The highest BCUT2D eigenvalue weighted by atomic mass is 35.5. The van der Waals surface area contributed by atoms with Crippen molar-refractivity contribution in [3.8, 4) is 11.5 Å². The quantitative estimate of drug-likeness (QED) is 0.890. The van der Waals surface area contributed by atoms with E-state index in [2.05, 4.69) is 5.32 Å². The summed E-state index contributed by atoms with van der Waals surface area (Å²) < 4.78 is 11.2. The molecule has 1 unspecified atom stereocenters. The van der Waals surface area contributed by atoms with Crippen LogP contribution in [0, 0.1) is 0 Å². The molecule has 104 valence electrons. The molecule has 1 saturated carbocycles. The van der Waals surface area contributed by atoms with Crippen molar-refractivity contribution in [2.24, 2.45) is 0 Å². The van der Waals surface area contributed by atoms with Crippen LogP contribution in [0.4, 0.5) is 0 Å². The van der Waals surface area contributed by atoms with Gasteiger partial charge in [-0.2, -0.15) is 0 Å². The second-order valence-corrected chi connectivity index (χ2v) is 5.49. The van der Waals surface area contributed by atoms with E-state index < -0.39 is 6.10 Å². The lowest BCUT2D eigenvalue weighted by atomic mass is 10.1. The lowest BCUT2D eigenvalue weighted by Gasteiger charge is -2.16. The van der Waals surface area contributed by atoms with E-state index in [-0.39, 0.29) is 0 Å². The van der Waals surface area contributed by atoms with Gasteiger partial charge in [-0.05, 0) is 30.5 Å². The van der Waals surface area contributed by atoms with Crippen LogP contribution < -0.4 is 14.8 Å². The molecule has 1 fully saturated rings. The minimum atomic E-state index is -0.574. The summed E-state index contributed by atoms with van der Waals surface area (Å²) in [5.74, 6) is 1.22. The molecule has 0 bridgehead atoms. The Balaban J connectivity index is 1.77. The minimum Gasteiger partial charge on any atom is -0.489 e. The number of nitrogens with one attached hydrogen (secondary N) is 1. The average Bonchev–Trinajstić information content (AvgIpc) is 3.22. The third-order valence-electron chi connectivity index (χ3n) is 3.39. The summed E-state index contributed by atoms with van der Waals surface area (Å²) in [6.07, 6.45) is 2.67. The van der Waals surface area contributed by atoms with E-state index in [1.54, 1.807) is 6.07 Å². The highest BCUT2D eigenvalue weighted by molar-refractivity contribution is 6.32. The molecule has 1 heterocycles. The van der Waals surface area contributed by atoms with Gasteiger partial charge < -0.3 is 19.9 Å². The van der Waals surface area contributed by atoms with Crippen LogP contribution in [0.3, 0.4) is 0 Å². The van der Waals surface area contributed by atoms with E-state index in [1.165, 1.54) is 12.8 Å². The zero-order valence-corrected chi connectivity index (χ0v) is 11.4. The molecule has 4 nitrogen and oxygen atoms in total. The van der Waals surface area contributed by atoms with Gasteiger partial charge in [-0.15, -0.1) is 0 Å². The Morgan fingerprint density at radius 2 is 2.11 bits per heavy atom. The van der Waals surface area contributed by atoms with E-state index in [0.717, 1.165) is 12.0 Å². The number of aliphatic hydroxyl groups is 1. The molecule has 19 heavy (non-hydrogen) atoms. The van der Waals surface area contributed by atoms with Crippen LogP contribution in [-0.2, 0) is 0 Å². The zero-order chi connectivity index (χ0) is 13.2. The Morgan fingerprint density at radius 3 is 2.89 bits per heavy atom. The zero-order valence-electron chi connectivity index (χ0n) is 10.7. The van der Waals surface area contributed by atoms with Gasteiger partial charge >= 0.3 is 0 Å². The SMILES string of the molecule is OC(CNC1CC1)c1cc(Cl)c2c(c1)OCCCO2. The third kappa shape index (κ3) is 3.14. The Labute approximate surface area is 117 Å². The lowest BCUT2D eigenvalue weighted by Crippen LogP contribution is -2.23. The Hall–Kier alpha value is -0.970. The maximum absolute atomic E-state index is 10.2. The standard InChI is InChI=1S/C14H18ClNO3/c15-11-6-9(12(17)8-16-10-2-3-10)7-13-14(11)19-5-1-4-18-13/h6-7,10,12,16-17H,1-5,8H2. The van der Waals surface area contributed by atoms with Crippen molar-refractivity contribution in [2.45, 2.75) is 31.4 Å². The number of aliphatic hydroxyl groups excluding tert-OH is 1. The topological polar surface area (TPSA) is 50.7 Å². The molecule has 1 aliphatic carbocycles. The fourth-order valence-electron chi connectivity index (χ4n) is 2.13. The molecule has 1 aromatic carbocycles. The monoisotopic (exact) mass is 283 g/mol. The van der Waals surface area contributed by atoms with Gasteiger partial charge in [0.2, 0.25) is 0 Å². The van der Waals surface area contributed by atoms with Gasteiger partial charge in [0.25, 0.3) is 0 Å². The second kappa shape index (κ2) is 5.57. The van der Waals surface area contributed by atoms with E-state index in [0.29, 0.717) is 42.3 Å². The average molecular weight is 284 g/mol. The molecule has 2 N–H and O–H groups in total. The first-order chi connectivity index (χ1) is 9.24. The Kier molecular flexibility index (Phi) is 3.82. The fraction of sp³-hybridized carbons (Fsp3) is 0.571. The maximum Gasteiger partial charge on any atom is 0.179 e. The predicted octanol–water partition coefficient (Wildman–Crippen LogP) is 2.29. The first-order valence-electron chi connectivity index (χ1n) is 6.74. The van der Waals surface area contributed by atoms with Gasteiger partial charge in [-0.3, -0.25) is 0 Å². The van der Waals surface area contributed by atoms with Crippen LogP contribution in [-0.4, -0.2) is 30.9 Å². The van der Waals surface area contributed by atoms with Crippen molar-refractivity contribution >= 4 is 11.6 Å². The van der Waals surface area contributed by atoms with E-state index in [9.17, 15) is 5.11 Å². The summed E-state index contributed by atoms with van der Waals surface area (Å²) in [5, 5.41) is 14.0. The highest BCUT2D eigenvalue weighted by Gasteiger charge is 2.23. The van der Waals surface area contributed by atoms with Crippen LogP contribution in [0.2, 0.25) is 5.02 Å². The van der Waals surface area contributed by atoms with Crippen molar-refractivity contribution in [3.63, 3.8) is 0 Å². The molecular formula is C14H18ClNO3. The molecular weight excluding hydrogens is 266 g/mol. The number of halogens is 1. The van der Waals surface area contributed by atoms with Gasteiger partial charge in [0.05, 0.1) is 24.3 Å². The van der Waals surface area contributed by atoms with Crippen molar-refractivity contribution in [1.82, 2.24) is 5.32 Å². The number of ether oxygens (including phenoxy) is 2. The molecule has 1 atom stereocenters. The molecule has 0 radical (unpaired) electrons. The Bertz CT molecular complexity index is 462. The number of rotatable bonds is 4. The maximum atomic E-state index is 10.2. The minimum absolute atomic E-state index is 0.500. The van der Waals surface area contributed by atoms with Crippen molar-refractivity contribution < 1.29 is 14.6 Å². The number of benzene rings is 1. The van der Waals surface area contributed by atoms with Crippen LogP contribution in [0.1, 0.15) is 30.9 Å². The first kappa shape index (κ1) is 13.0. The van der Waals surface area contributed by atoms with Gasteiger partial charge in [0, 0.05) is 19.0 Å². The fourth-order valence-corrected chi connectivity index (χ4v) is 2.40. The summed E-state index contributed by atoms with van der Waals surface area (Å²) in [6.45, 7) is 1.77. The summed E-state index contributed by atoms with van der Waals surface area (Å²) in [6, 6.07) is 4.16. The normalized spacial score (nSPS) is 19.9. The second-order valence-electron chi connectivity index (χ2n) is 5.08. The smallest absolute Gasteiger partial charge is 0.179 e. The van der Waals surface area contributed by atoms with E-state index in [1.807, 2.05) is 6.07 Å². The molecule has 0 amide bonds. The van der Waals surface area contributed by atoms with Crippen molar-refractivity contribution in [2.75, 3.05) is 19.8 Å². The van der Waals surface area contributed by atoms with Gasteiger partial charge in [0.1, 0.15) is 0 Å². The highest BCUT2D eigenvalue weighted by Crippen LogP contribution is 2.39. The van der Waals surface area contributed by atoms with Crippen LogP contribution in [0.15, 0.2) is 12.1 Å². The molecule has 1 aliphatic heterocycles. The van der Waals surface area contributed by atoms with Crippen LogP contribution in [0.25, 0.3) is 0 Å². The number of fused-ring (bicyclic) bond motifs is 1. The molecule has 0 spiro atoms. The van der Waals surface area contributed by atoms with Crippen LogP contribution in [0.5, 0.6) is 11.5 Å². The van der Waals surface area contributed by atoms with Gasteiger partial charge in [0.15, 0.2) is 11.5 Å². The van der Waals surface area contributed by atoms with E-state index >= 15 is 0 Å². The summed E-state index contributed by atoms with van der Waals surface area (Å²) in [5.41, 5.74) is 0.766. The summed E-state index contributed by atoms with van der Waals surface area (Å²) in [7, 11) is 0. The van der Waals surface area contributed by atoms with Crippen molar-refractivity contribution in [3.05, 3.63) is 22.7 Å². The molecule has 1 aromatic rings. The lowest BCUT2D eigenvalue weighted by molar-refractivity contribution is 0.173. The van der Waals surface area contributed by atoms with Crippen molar-refractivity contribution in [1.29, 1.82) is 0 Å². The molecule has 0 aromatic heterocycles. The first-order valence-corrected chi connectivity index (χ1v) is 7.12.